The van der Waals surface area contributed by atoms with Crippen molar-refractivity contribution in [3.05, 3.63) is 64.2 Å². The van der Waals surface area contributed by atoms with Crippen LogP contribution in [0.4, 0.5) is 8.78 Å². The molecule has 0 heterocycles. The van der Waals surface area contributed by atoms with Crippen molar-refractivity contribution in [2.75, 3.05) is 6.61 Å². The summed E-state index contributed by atoms with van der Waals surface area (Å²) in [4.78, 5) is 25.1. The number of halogens is 3. The van der Waals surface area contributed by atoms with Gasteiger partial charge in [0.2, 0.25) is 5.91 Å². The van der Waals surface area contributed by atoms with Gasteiger partial charge in [-0.15, -0.1) is 0 Å². The minimum atomic E-state index is -0.614. The van der Waals surface area contributed by atoms with Crippen LogP contribution in [0.3, 0.4) is 0 Å². The van der Waals surface area contributed by atoms with Crippen molar-refractivity contribution < 1.29 is 23.1 Å². The summed E-state index contributed by atoms with van der Waals surface area (Å²) >= 11 is 5.64. The second-order valence-corrected chi connectivity index (χ2v) is 9.09. The molecule has 3 fully saturated rings. The normalized spacial score (nSPS) is 23.8. The smallest absolute Gasteiger partial charge is 0.258 e. The molecule has 8 heteroatoms. The van der Waals surface area contributed by atoms with Crippen molar-refractivity contribution in [1.82, 2.24) is 10.6 Å². The van der Waals surface area contributed by atoms with Crippen molar-refractivity contribution in [2.24, 2.45) is 17.8 Å². The summed E-state index contributed by atoms with van der Waals surface area (Å²) in [6.07, 6.45) is 2.30. The lowest BCUT2D eigenvalue weighted by Crippen LogP contribution is -2.56. The summed E-state index contributed by atoms with van der Waals surface area (Å²) in [6, 6.07) is 8.69. The third-order valence-electron chi connectivity index (χ3n) is 6.46. The van der Waals surface area contributed by atoms with Crippen molar-refractivity contribution in [2.45, 2.75) is 38.8 Å². The number of hydrogen-bond acceptors (Lipinski definition) is 3. The highest BCUT2D eigenvalue weighted by Crippen LogP contribution is 2.49. The van der Waals surface area contributed by atoms with Gasteiger partial charge in [0.05, 0.1) is 5.02 Å². The van der Waals surface area contributed by atoms with Gasteiger partial charge >= 0.3 is 0 Å². The fourth-order valence-electron chi connectivity index (χ4n) is 4.64. The van der Waals surface area contributed by atoms with Crippen LogP contribution in [0.25, 0.3) is 0 Å². The van der Waals surface area contributed by atoms with Gasteiger partial charge in [0.1, 0.15) is 17.4 Å². The monoisotopic (exact) mass is 462 g/mol. The van der Waals surface area contributed by atoms with E-state index in [2.05, 4.69) is 10.6 Å². The van der Waals surface area contributed by atoms with E-state index >= 15 is 0 Å². The third kappa shape index (κ3) is 5.04. The molecule has 0 spiro atoms. The number of rotatable bonds is 7. The van der Waals surface area contributed by atoms with E-state index in [-0.39, 0.29) is 53.5 Å². The Bertz CT molecular complexity index is 1030. The zero-order valence-corrected chi connectivity index (χ0v) is 18.4. The fraction of sp³-hybridized carbons (Fsp3) is 0.417. The lowest BCUT2D eigenvalue weighted by atomic mass is 9.57. The van der Waals surface area contributed by atoms with Crippen LogP contribution in [0, 0.1) is 36.3 Å². The lowest BCUT2D eigenvalue weighted by Gasteiger charge is -2.50. The van der Waals surface area contributed by atoms with Crippen molar-refractivity contribution >= 4 is 23.4 Å². The molecule has 5 nitrogen and oxygen atoms in total. The zero-order valence-electron chi connectivity index (χ0n) is 17.7. The molecule has 0 aromatic heterocycles. The first-order valence-corrected chi connectivity index (χ1v) is 11.1. The molecule has 0 aliphatic heterocycles. The first-order valence-electron chi connectivity index (χ1n) is 10.7. The maximum atomic E-state index is 14.0. The van der Waals surface area contributed by atoms with Crippen molar-refractivity contribution in [3.8, 4) is 5.75 Å². The van der Waals surface area contributed by atoms with E-state index in [1.54, 1.807) is 12.1 Å². The molecule has 2 bridgehead atoms. The van der Waals surface area contributed by atoms with E-state index in [1.165, 1.54) is 18.2 Å². The molecule has 2 aromatic carbocycles. The number of aryl methyl sites for hydroxylation is 1. The fourth-order valence-corrected chi connectivity index (χ4v) is 4.76. The Balaban J connectivity index is 1.28. The van der Waals surface area contributed by atoms with Crippen LogP contribution < -0.4 is 15.4 Å². The van der Waals surface area contributed by atoms with Crippen LogP contribution in [0.15, 0.2) is 36.4 Å². The van der Waals surface area contributed by atoms with Crippen LogP contribution in [0.2, 0.25) is 5.02 Å². The molecule has 5 rings (SSSR count). The number of nitrogens with one attached hydrogen (secondary N) is 2. The van der Waals surface area contributed by atoms with Gasteiger partial charge in [-0.2, -0.15) is 0 Å². The highest BCUT2D eigenvalue weighted by molar-refractivity contribution is 6.30. The summed E-state index contributed by atoms with van der Waals surface area (Å²) in [5.41, 5.74) is 1.39. The molecule has 0 saturated heterocycles. The Morgan fingerprint density at radius 2 is 1.84 bits per heavy atom. The van der Waals surface area contributed by atoms with Gasteiger partial charge < -0.3 is 15.4 Å². The Morgan fingerprint density at radius 1 is 1.06 bits per heavy atom. The van der Waals surface area contributed by atoms with E-state index in [4.69, 9.17) is 16.3 Å². The number of fused-ring (bicyclic) bond motifs is 2. The van der Waals surface area contributed by atoms with Gasteiger partial charge in [0, 0.05) is 30.1 Å². The first-order chi connectivity index (χ1) is 15.3. The Kier molecular flexibility index (Phi) is 6.65. The molecular weight excluding hydrogens is 438 g/mol. The number of amides is 2. The molecule has 3 aliphatic carbocycles. The average molecular weight is 463 g/mol. The summed E-state index contributed by atoms with van der Waals surface area (Å²) in [6.45, 7) is 1.76. The van der Waals surface area contributed by atoms with Crippen LogP contribution in [0.5, 0.6) is 5.75 Å². The van der Waals surface area contributed by atoms with Gasteiger partial charge in [-0.05, 0) is 56.2 Å². The van der Waals surface area contributed by atoms with E-state index in [0.29, 0.717) is 23.8 Å². The Labute approximate surface area is 190 Å². The predicted octanol–water partition coefficient (Wildman–Crippen LogP) is 4.15. The first kappa shape index (κ1) is 22.5. The standard InChI is InChI=1S/C24H25ClF2N2O3/c1-13-2-5-20(26)16(6-13)11-28-24(31)18-10-22(15-7-14(18)8-15)29-23(30)12-32-17-3-4-19(25)21(27)9-17/h2-6,9,14-15,18,22H,7-8,10-12H2,1H3,(H,28,31)(H,29,30). The maximum Gasteiger partial charge on any atom is 0.258 e. The van der Waals surface area contributed by atoms with Gasteiger partial charge in [0.25, 0.3) is 5.91 Å². The number of ether oxygens (including phenoxy) is 1. The van der Waals surface area contributed by atoms with Crippen LogP contribution >= 0.6 is 11.6 Å². The highest BCUT2D eigenvalue weighted by atomic mass is 35.5. The molecule has 3 saturated carbocycles. The summed E-state index contributed by atoms with van der Waals surface area (Å²) in [5.74, 6) is -0.748. The lowest BCUT2D eigenvalue weighted by molar-refractivity contribution is -0.136. The number of benzene rings is 2. The van der Waals surface area contributed by atoms with Gasteiger partial charge in [-0.3, -0.25) is 9.59 Å². The molecule has 2 N–H and O–H groups in total. The van der Waals surface area contributed by atoms with Crippen molar-refractivity contribution in [1.29, 1.82) is 0 Å². The van der Waals surface area contributed by atoms with Crippen LogP contribution in [0.1, 0.15) is 30.4 Å². The molecule has 2 amide bonds. The van der Waals surface area contributed by atoms with E-state index < -0.39 is 5.82 Å². The number of carbonyl (C=O) groups excluding carboxylic acids is 2. The van der Waals surface area contributed by atoms with Crippen LogP contribution in [-0.4, -0.2) is 24.5 Å². The Morgan fingerprint density at radius 3 is 2.59 bits per heavy atom. The minimum Gasteiger partial charge on any atom is -0.484 e. The van der Waals surface area contributed by atoms with E-state index in [1.807, 2.05) is 6.92 Å². The van der Waals surface area contributed by atoms with Gasteiger partial charge in [0.15, 0.2) is 6.61 Å². The summed E-state index contributed by atoms with van der Waals surface area (Å²) in [7, 11) is 0. The topological polar surface area (TPSA) is 67.4 Å². The molecule has 3 aliphatic rings. The quantitative estimate of drug-likeness (QED) is 0.649. The third-order valence-corrected chi connectivity index (χ3v) is 6.76. The maximum absolute atomic E-state index is 14.0. The molecule has 170 valence electrons. The molecule has 2 aromatic rings. The number of hydrogen-bond donors (Lipinski definition) is 2. The van der Waals surface area contributed by atoms with Crippen molar-refractivity contribution in [3.63, 3.8) is 0 Å². The predicted molar refractivity (Wildman–Crippen MR) is 116 cm³/mol. The minimum absolute atomic E-state index is 0.0157. The van der Waals surface area contributed by atoms with Crippen LogP contribution in [-0.2, 0) is 16.1 Å². The van der Waals surface area contributed by atoms with E-state index in [0.717, 1.165) is 24.5 Å². The van der Waals surface area contributed by atoms with E-state index in [9.17, 15) is 18.4 Å². The second-order valence-electron chi connectivity index (χ2n) is 8.69. The number of carbonyl (C=O) groups is 2. The molecule has 2 unspecified atom stereocenters. The molecule has 32 heavy (non-hydrogen) atoms. The SMILES string of the molecule is Cc1ccc(F)c(CNC(=O)C2CC(NC(=O)COc3ccc(Cl)c(F)c3)C3CC2C3)c1. The zero-order chi connectivity index (χ0) is 22.8. The van der Waals surface area contributed by atoms with Gasteiger partial charge in [-0.1, -0.05) is 29.3 Å². The Hall–Kier alpha value is -2.67. The molecule has 0 radical (unpaired) electrons. The summed E-state index contributed by atoms with van der Waals surface area (Å²) < 4.78 is 32.8. The second kappa shape index (κ2) is 9.45. The largest absolute Gasteiger partial charge is 0.484 e. The summed E-state index contributed by atoms with van der Waals surface area (Å²) in [5, 5.41) is 5.80. The average Bonchev–Trinajstić information content (AvgIpc) is 2.74. The highest BCUT2D eigenvalue weighted by Gasteiger charge is 2.48. The molecule has 2 atom stereocenters. The molecular formula is C24H25ClF2N2O3. The van der Waals surface area contributed by atoms with Gasteiger partial charge in [-0.25, -0.2) is 8.78 Å².